The third kappa shape index (κ3) is 5.69. The normalized spacial score (nSPS) is 7.58. The molecule has 1 aromatic rings. The van der Waals surface area contributed by atoms with Crippen molar-refractivity contribution < 1.29 is 36.2 Å². The van der Waals surface area contributed by atoms with Crippen LogP contribution in [0.4, 0.5) is 0 Å². The third-order valence-electron chi connectivity index (χ3n) is 1.32. The maximum atomic E-state index is 8.94. The molecule has 1 aromatic carbocycles. The van der Waals surface area contributed by atoms with Gasteiger partial charge in [-0.2, -0.15) is 0 Å². The first-order chi connectivity index (χ1) is 5.33. The summed E-state index contributed by atoms with van der Waals surface area (Å²) in [5.41, 5.74) is 1.18. The zero-order valence-electron chi connectivity index (χ0n) is 7.96. The third-order valence-corrected chi connectivity index (χ3v) is 1.32. The average Bonchev–Trinajstić information content (AvgIpc) is 2.08. The summed E-state index contributed by atoms with van der Waals surface area (Å²) in [6.45, 7) is 6.06. The van der Waals surface area contributed by atoms with Gasteiger partial charge in [-0.05, 0) is 24.1 Å². The van der Waals surface area contributed by atoms with Gasteiger partial charge in [-0.15, -0.1) is 0 Å². The van der Waals surface area contributed by atoms with Crippen LogP contribution in [0.3, 0.4) is 0 Å². The first kappa shape index (κ1) is 14.6. The van der Waals surface area contributed by atoms with Crippen molar-refractivity contribution in [1.29, 1.82) is 0 Å². The minimum Gasteiger partial charge on any atom is -0.508 e. The maximum Gasteiger partial charge on any atom is 0.115 e. The van der Waals surface area contributed by atoms with Crippen LogP contribution in [0.2, 0.25) is 0 Å². The molecule has 0 aliphatic carbocycles. The SMILES string of the molecule is CC.CCc1cccc(O)c1.[U]. The van der Waals surface area contributed by atoms with Crippen LogP contribution in [-0.2, 0) is 6.42 Å². The van der Waals surface area contributed by atoms with Crippen LogP contribution in [0.25, 0.3) is 0 Å². The number of phenols is 1. The predicted molar refractivity (Wildman–Crippen MR) is 48.8 cm³/mol. The number of benzene rings is 1. The molecule has 1 rings (SSSR count). The molecule has 1 nitrogen and oxygen atoms in total. The number of aromatic hydroxyl groups is 1. The van der Waals surface area contributed by atoms with Gasteiger partial charge in [0.05, 0.1) is 0 Å². The van der Waals surface area contributed by atoms with Gasteiger partial charge in [-0.3, -0.25) is 0 Å². The zero-order valence-corrected chi connectivity index (χ0v) is 12.1. The van der Waals surface area contributed by atoms with Crippen LogP contribution in [0, 0.1) is 31.1 Å². The van der Waals surface area contributed by atoms with E-state index in [0.717, 1.165) is 6.42 Å². The summed E-state index contributed by atoms with van der Waals surface area (Å²) in [4.78, 5) is 0. The molecule has 0 saturated heterocycles. The Morgan fingerprint density at radius 1 is 1.25 bits per heavy atom. The summed E-state index contributed by atoms with van der Waals surface area (Å²) < 4.78 is 0. The summed E-state index contributed by atoms with van der Waals surface area (Å²) >= 11 is 0. The topological polar surface area (TPSA) is 20.2 Å². The van der Waals surface area contributed by atoms with E-state index in [4.69, 9.17) is 5.11 Å². The molecule has 0 aliphatic rings. The molecule has 1 N–H and O–H groups in total. The fraction of sp³-hybridized carbons (Fsp3) is 0.400. The van der Waals surface area contributed by atoms with Gasteiger partial charge in [-0.25, -0.2) is 0 Å². The van der Waals surface area contributed by atoms with E-state index in [2.05, 4.69) is 6.92 Å². The second kappa shape index (κ2) is 9.16. The fourth-order valence-corrected chi connectivity index (χ4v) is 0.776. The van der Waals surface area contributed by atoms with Crippen LogP contribution >= 0.6 is 0 Å². The summed E-state index contributed by atoms with van der Waals surface area (Å²) in [7, 11) is 0. The minimum atomic E-state index is 0. The van der Waals surface area contributed by atoms with Gasteiger partial charge < -0.3 is 5.11 Å². The molecular formula is C10H16OU. The van der Waals surface area contributed by atoms with Crippen molar-refractivity contribution >= 4 is 0 Å². The molecule has 0 heterocycles. The van der Waals surface area contributed by atoms with E-state index in [-0.39, 0.29) is 31.1 Å². The minimum absolute atomic E-state index is 0. The Morgan fingerprint density at radius 2 is 1.83 bits per heavy atom. The number of hydrogen-bond donors (Lipinski definition) is 1. The quantitative estimate of drug-likeness (QED) is 0.782. The summed E-state index contributed by atoms with van der Waals surface area (Å²) in [5.74, 6) is 0.356. The van der Waals surface area contributed by atoms with Crippen molar-refractivity contribution in [2.75, 3.05) is 0 Å². The van der Waals surface area contributed by atoms with E-state index < -0.39 is 0 Å². The smallest absolute Gasteiger partial charge is 0.115 e. The standard InChI is InChI=1S/C8H10O.C2H6.U/c1-2-7-4-3-5-8(9)6-7;1-2;/h3-6,9H,2H2,1H3;1-2H3;. The van der Waals surface area contributed by atoms with E-state index in [9.17, 15) is 0 Å². The van der Waals surface area contributed by atoms with E-state index in [1.807, 2.05) is 26.0 Å². The first-order valence-corrected chi connectivity index (χ1v) is 4.11. The molecule has 66 valence electrons. The average molecular weight is 390 g/mol. The first-order valence-electron chi connectivity index (χ1n) is 4.11. The number of phenolic OH excluding ortho intramolecular Hbond substituents is 1. The molecule has 12 heavy (non-hydrogen) atoms. The monoisotopic (exact) mass is 390 g/mol. The van der Waals surface area contributed by atoms with Crippen LogP contribution in [0.5, 0.6) is 5.75 Å². The Bertz CT molecular complexity index is 199. The molecule has 0 radical (unpaired) electrons. The molecule has 0 spiro atoms. The molecule has 0 bridgehead atoms. The Morgan fingerprint density at radius 3 is 2.17 bits per heavy atom. The number of hydrogen-bond acceptors (Lipinski definition) is 1. The molecule has 2 heteroatoms. The van der Waals surface area contributed by atoms with E-state index >= 15 is 0 Å². The summed E-state index contributed by atoms with van der Waals surface area (Å²) in [6.07, 6.45) is 0.981. The second-order valence-corrected chi connectivity index (χ2v) is 2.02. The Kier molecular flexibility index (Phi) is 11.1. The predicted octanol–water partition coefficient (Wildman–Crippen LogP) is 2.98. The van der Waals surface area contributed by atoms with E-state index in [1.54, 1.807) is 12.1 Å². The Labute approximate surface area is 98.6 Å². The number of aryl methyl sites for hydroxylation is 1. The Balaban J connectivity index is 0. The molecule has 0 aliphatic heterocycles. The largest absolute Gasteiger partial charge is 0.508 e. The molecule has 0 amide bonds. The van der Waals surface area contributed by atoms with Gasteiger partial charge in [0.25, 0.3) is 0 Å². The van der Waals surface area contributed by atoms with Crippen LogP contribution in [0.15, 0.2) is 24.3 Å². The van der Waals surface area contributed by atoms with Crippen molar-refractivity contribution in [2.24, 2.45) is 0 Å². The maximum absolute atomic E-state index is 8.94. The van der Waals surface area contributed by atoms with E-state index in [0.29, 0.717) is 5.75 Å². The molecule has 0 fully saturated rings. The molecule has 0 unspecified atom stereocenters. The summed E-state index contributed by atoms with van der Waals surface area (Å²) in [6, 6.07) is 7.31. The molecule has 0 saturated carbocycles. The van der Waals surface area contributed by atoms with Gasteiger partial charge in [0.2, 0.25) is 0 Å². The van der Waals surface area contributed by atoms with Crippen LogP contribution in [-0.4, -0.2) is 5.11 Å². The molecule has 0 atom stereocenters. The van der Waals surface area contributed by atoms with Crippen molar-refractivity contribution in [1.82, 2.24) is 0 Å². The second-order valence-electron chi connectivity index (χ2n) is 2.02. The van der Waals surface area contributed by atoms with Gasteiger partial charge in [0.1, 0.15) is 5.75 Å². The number of rotatable bonds is 1. The van der Waals surface area contributed by atoms with Crippen molar-refractivity contribution in [3.63, 3.8) is 0 Å². The van der Waals surface area contributed by atoms with Gasteiger partial charge in [-0.1, -0.05) is 32.9 Å². The van der Waals surface area contributed by atoms with Crippen LogP contribution < -0.4 is 0 Å². The van der Waals surface area contributed by atoms with Gasteiger partial charge in [0, 0.05) is 31.1 Å². The summed E-state index contributed by atoms with van der Waals surface area (Å²) in [5, 5.41) is 8.94. The zero-order chi connectivity index (χ0) is 8.69. The van der Waals surface area contributed by atoms with Crippen LogP contribution in [0.1, 0.15) is 26.3 Å². The van der Waals surface area contributed by atoms with Gasteiger partial charge >= 0.3 is 0 Å². The van der Waals surface area contributed by atoms with E-state index in [1.165, 1.54) is 5.56 Å². The fourth-order valence-electron chi connectivity index (χ4n) is 0.776. The van der Waals surface area contributed by atoms with Crippen molar-refractivity contribution in [2.45, 2.75) is 27.2 Å². The molecular weight excluding hydrogens is 374 g/mol. The molecule has 0 aromatic heterocycles. The van der Waals surface area contributed by atoms with Crippen molar-refractivity contribution in [3.8, 4) is 5.75 Å². The van der Waals surface area contributed by atoms with Gasteiger partial charge in [0.15, 0.2) is 0 Å². The Hall–Kier alpha value is 0.0719. The van der Waals surface area contributed by atoms with Crippen molar-refractivity contribution in [3.05, 3.63) is 29.8 Å².